The average molecular weight is 479 g/mol. The van der Waals surface area contributed by atoms with Gasteiger partial charge >= 0.3 is 0 Å². The highest BCUT2D eigenvalue weighted by atomic mass is 19.1. The van der Waals surface area contributed by atoms with Crippen molar-refractivity contribution in [1.29, 1.82) is 0 Å². The summed E-state index contributed by atoms with van der Waals surface area (Å²) < 4.78 is 13.1. The fourth-order valence-electron chi connectivity index (χ4n) is 5.68. The largest absolute Gasteiger partial charge is 0.352 e. The molecule has 3 amide bonds. The van der Waals surface area contributed by atoms with E-state index in [0.717, 1.165) is 24.1 Å². The normalized spacial score (nSPS) is 19.9. The second-order valence-corrected chi connectivity index (χ2v) is 9.83. The molecule has 2 aliphatic heterocycles. The van der Waals surface area contributed by atoms with Crippen molar-refractivity contribution < 1.29 is 18.8 Å². The van der Waals surface area contributed by atoms with E-state index in [1.807, 2.05) is 24.3 Å². The molecule has 0 atom stereocenters. The first-order chi connectivity index (χ1) is 17.0. The smallest absolute Gasteiger partial charge is 0.250 e. The number of hydrogen-bond donors (Lipinski definition) is 2. The Bertz CT molecular complexity index is 1110. The van der Waals surface area contributed by atoms with Crippen LogP contribution in [0.25, 0.3) is 0 Å². The van der Waals surface area contributed by atoms with Crippen LogP contribution in [-0.4, -0.2) is 47.8 Å². The third kappa shape index (κ3) is 4.67. The minimum atomic E-state index is -0.802. The summed E-state index contributed by atoms with van der Waals surface area (Å²) >= 11 is 0. The first-order valence-electron chi connectivity index (χ1n) is 12.4. The molecule has 8 heteroatoms. The molecule has 0 aromatic heterocycles. The first-order valence-corrected chi connectivity index (χ1v) is 12.4. The van der Waals surface area contributed by atoms with Gasteiger partial charge in [-0.05, 0) is 68.6 Å². The molecule has 7 nitrogen and oxygen atoms in total. The molecule has 184 valence electrons. The van der Waals surface area contributed by atoms with Crippen LogP contribution in [0.4, 0.5) is 15.8 Å². The van der Waals surface area contributed by atoms with Gasteiger partial charge in [-0.3, -0.25) is 24.2 Å². The molecular weight excluding hydrogens is 447 g/mol. The van der Waals surface area contributed by atoms with E-state index in [2.05, 4.69) is 15.5 Å². The van der Waals surface area contributed by atoms with Gasteiger partial charge in [0.2, 0.25) is 11.8 Å². The summed E-state index contributed by atoms with van der Waals surface area (Å²) in [6.07, 6.45) is 4.55. The quantitative estimate of drug-likeness (QED) is 0.690. The van der Waals surface area contributed by atoms with Crippen molar-refractivity contribution >= 4 is 29.1 Å². The second kappa shape index (κ2) is 9.77. The first kappa shape index (κ1) is 23.5. The Labute approximate surface area is 204 Å². The Hall–Kier alpha value is -3.26. The van der Waals surface area contributed by atoms with Gasteiger partial charge in [-0.1, -0.05) is 37.1 Å². The average Bonchev–Trinajstić information content (AvgIpc) is 3.35. The maximum Gasteiger partial charge on any atom is 0.250 e. The fourth-order valence-corrected chi connectivity index (χ4v) is 5.68. The van der Waals surface area contributed by atoms with Gasteiger partial charge in [0.05, 0.1) is 17.9 Å². The van der Waals surface area contributed by atoms with Crippen LogP contribution in [0.5, 0.6) is 0 Å². The lowest BCUT2D eigenvalue weighted by Crippen LogP contribution is -2.62. The number of nitrogens with one attached hydrogen (secondary N) is 2. The van der Waals surface area contributed by atoms with Gasteiger partial charge < -0.3 is 10.6 Å². The molecule has 2 fully saturated rings. The lowest BCUT2D eigenvalue weighted by molar-refractivity contribution is -0.129. The van der Waals surface area contributed by atoms with Crippen molar-refractivity contribution in [1.82, 2.24) is 10.2 Å². The van der Waals surface area contributed by atoms with Crippen molar-refractivity contribution in [3.8, 4) is 0 Å². The summed E-state index contributed by atoms with van der Waals surface area (Å²) in [5.41, 5.74) is 1.51. The van der Waals surface area contributed by atoms with Crippen LogP contribution < -0.4 is 15.5 Å². The maximum absolute atomic E-state index is 13.6. The lowest BCUT2D eigenvalue weighted by Gasteiger charge is -2.45. The minimum absolute atomic E-state index is 0.00756. The number of rotatable bonds is 5. The molecule has 3 aliphatic rings. The van der Waals surface area contributed by atoms with E-state index in [4.69, 9.17) is 0 Å². The van der Waals surface area contributed by atoms with E-state index in [1.54, 1.807) is 17.0 Å². The highest BCUT2D eigenvalue weighted by Crippen LogP contribution is 2.45. The number of hydrogen-bond acceptors (Lipinski definition) is 4. The van der Waals surface area contributed by atoms with Gasteiger partial charge in [-0.15, -0.1) is 0 Å². The molecular formula is C27H31FN4O3. The SMILES string of the molecule is O=C(NCc1ccc(F)cc1)C1CCN(CC(=O)N2c3ccccc3NC(=O)C23CCCC3)CC1. The summed E-state index contributed by atoms with van der Waals surface area (Å²) in [6.45, 7) is 1.90. The number of amides is 3. The number of halogens is 1. The Morgan fingerprint density at radius 1 is 1.03 bits per heavy atom. The lowest BCUT2D eigenvalue weighted by atomic mass is 9.89. The molecule has 35 heavy (non-hydrogen) atoms. The van der Waals surface area contributed by atoms with Crippen LogP contribution in [0.2, 0.25) is 0 Å². The molecule has 1 saturated heterocycles. The topological polar surface area (TPSA) is 81.8 Å². The van der Waals surface area contributed by atoms with Crippen molar-refractivity contribution in [2.45, 2.75) is 50.6 Å². The summed E-state index contributed by atoms with van der Waals surface area (Å²) in [4.78, 5) is 43.2. The van der Waals surface area contributed by atoms with Crippen LogP contribution in [0.3, 0.4) is 0 Å². The number of carbonyl (C=O) groups excluding carboxylic acids is 3. The van der Waals surface area contributed by atoms with Crippen LogP contribution in [0.1, 0.15) is 44.1 Å². The molecule has 2 aromatic rings. The van der Waals surface area contributed by atoms with Gasteiger partial charge in [0.1, 0.15) is 11.4 Å². The summed E-state index contributed by atoms with van der Waals surface area (Å²) in [5, 5.41) is 5.96. The Kier molecular flexibility index (Phi) is 6.56. The van der Waals surface area contributed by atoms with Crippen molar-refractivity contribution in [2.24, 2.45) is 5.92 Å². The monoisotopic (exact) mass is 478 g/mol. The van der Waals surface area contributed by atoms with E-state index in [0.29, 0.717) is 51.0 Å². The number of likely N-dealkylation sites (tertiary alicyclic amines) is 1. The zero-order valence-corrected chi connectivity index (χ0v) is 19.8. The van der Waals surface area contributed by atoms with Gasteiger partial charge in [0.25, 0.3) is 5.91 Å². The summed E-state index contributed by atoms with van der Waals surface area (Å²) in [6, 6.07) is 13.6. The van der Waals surface area contributed by atoms with E-state index >= 15 is 0 Å². The van der Waals surface area contributed by atoms with E-state index in [-0.39, 0.29) is 36.0 Å². The molecule has 2 aromatic carbocycles. The summed E-state index contributed by atoms with van der Waals surface area (Å²) in [5.74, 6) is -0.558. The van der Waals surface area contributed by atoms with Crippen molar-refractivity contribution in [2.75, 3.05) is 29.9 Å². The molecule has 2 N–H and O–H groups in total. The van der Waals surface area contributed by atoms with Gasteiger partial charge in [0.15, 0.2) is 0 Å². The molecule has 5 rings (SSSR count). The fraction of sp³-hybridized carbons (Fsp3) is 0.444. The number of benzene rings is 2. The molecule has 0 unspecified atom stereocenters. The van der Waals surface area contributed by atoms with Crippen LogP contribution in [0, 0.1) is 11.7 Å². The van der Waals surface area contributed by atoms with E-state index in [1.165, 1.54) is 12.1 Å². The van der Waals surface area contributed by atoms with Gasteiger partial charge in [0, 0.05) is 12.5 Å². The Morgan fingerprint density at radius 2 is 1.71 bits per heavy atom. The molecule has 0 radical (unpaired) electrons. The summed E-state index contributed by atoms with van der Waals surface area (Å²) in [7, 11) is 0. The molecule has 1 aliphatic carbocycles. The van der Waals surface area contributed by atoms with Crippen molar-refractivity contribution in [3.63, 3.8) is 0 Å². The van der Waals surface area contributed by atoms with E-state index < -0.39 is 5.54 Å². The van der Waals surface area contributed by atoms with E-state index in [9.17, 15) is 18.8 Å². The molecule has 1 saturated carbocycles. The minimum Gasteiger partial charge on any atom is -0.352 e. The third-order valence-electron chi connectivity index (χ3n) is 7.62. The number of fused-ring (bicyclic) bond motifs is 1. The van der Waals surface area contributed by atoms with Crippen LogP contribution >= 0.6 is 0 Å². The predicted molar refractivity (Wildman–Crippen MR) is 131 cm³/mol. The highest BCUT2D eigenvalue weighted by molar-refractivity contribution is 6.15. The molecule has 1 spiro atoms. The molecule has 2 heterocycles. The third-order valence-corrected chi connectivity index (χ3v) is 7.62. The number of anilines is 2. The van der Waals surface area contributed by atoms with Crippen LogP contribution in [-0.2, 0) is 20.9 Å². The second-order valence-electron chi connectivity index (χ2n) is 9.83. The zero-order chi connectivity index (χ0) is 24.4. The van der Waals surface area contributed by atoms with Gasteiger partial charge in [-0.25, -0.2) is 4.39 Å². The van der Waals surface area contributed by atoms with Gasteiger partial charge in [-0.2, -0.15) is 0 Å². The van der Waals surface area contributed by atoms with Crippen LogP contribution in [0.15, 0.2) is 48.5 Å². The molecule has 0 bridgehead atoms. The Morgan fingerprint density at radius 3 is 2.43 bits per heavy atom. The number of piperidine rings is 1. The predicted octanol–water partition coefficient (Wildman–Crippen LogP) is 3.45. The number of nitrogens with zero attached hydrogens (tertiary/aromatic N) is 2. The standard InChI is InChI=1S/C27H31FN4O3/c28-21-9-7-19(8-10-21)17-29-25(34)20-11-15-31(16-12-20)18-24(33)32-23-6-2-1-5-22(23)30-26(35)27(32)13-3-4-14-27/h1-2,5-10,20H,3-4,11-18H2,(H,29,34)(H,30,35). The number of carbonyl (C=O) groups is 3. The maximum atomic E-state index is 13.6. The highest BCUT2D eigenvalue weighted by Gasteiger charge is 2.52. The zero-order valence-electron chi connectivity index (χ0n) is 19.8. The Balaban J connectivity index is 1.20. The number of para-hydroxylation sites is 2. The van der Waals surface area contributed by atoms with Crippen molar-refractivity contribution in [3.05, 3.63) is 59.9 Å².